The molecule has 0 saturated heterocycles. The standard InChI is InChI=1S/C14H19N5O2S/c1-14(2,3)10-6-12(21-18-10)16-11(20)7-22-13-17-15-8-19(13)9-4-5-9/h6,8-9H,4-5,7H2,1-3H3,(H,16,20). The fourth-order valence-electron chi connectivity index (χ4n) is 1.93. The van der Waals surface area contributed by atoms with Gasteiger partial charge < -0.3 is 9.09 Å². The van der Waals surface area contributed by atoms with E-state index in [1.165, 1.54) is 11.8 Å². The molecule has 0 bridgehead atoms. The van der Waals surface area contributed by atoms with Gasteiger partial charge in [-0.3, -0.25) is 10.1 Å². The predicted molar refractivity (Wildman–Crippen MR) is 82.8 cm³/mol. The lowest BCUT2D eigenvalue weighted by Gasteiger charge is -2.12. The molecule has 2 aromatic heterocycles. The highest BCUT2D eigenvalue weighted by Gasteiger charge is 2.26. The maximum atomic E-state index is 12.0. The predicted octanol–water partition coefficient (Wildman–Crippen LogP) is 2.63. The Bertz CT molecular complexity index is 669. The summed E-state index contributed by atoms with van der Waals surface area (Å²) in [5.41, 5.74) is 0.700. The van der Waals surface area contributed by atoms with Crippen molar-refractivity contribution in [2.45, 2.75) is 50.2 Å². The number of hydrogen-bond acceptors (Lipinski definition) is 6. The number of nitrogens with one attached hydrogen (secondary N) is 1. The number of carbonyl (C=O) groups is 1. The third-order valence-electron chi connectivity index (χ3n) is 3.35. The third-order valence-corrected chi connectivity index (χ3v) is 4.31. The molecule has 0 aliphatic heterocycles. The van der Waals surface area contributed by atoms with Crippen molar-refractivity contribution in [3.8, 4) is 0 Å². The van der Waals surface area contributed by atoms with Crippen LogP contribution in [0.25, 0.3) is 0 Å². The maximum Gasteiger partial charge on any atom is 0.237 e. The zero-order chi connectivity index (χ0) is 15.7. The van der Waals surface area contributed by atoms with Crippen molar-refractivity contribution < 1.29 is 9.32 Å². The highest BCUT2D eigenvalue weighted by Crippen LogP contribution is 2.37. The topological polar surface area (TPSA) is 85.8 Å². The summed E-state index contributed by atoms with van der Waals surface area (Å²) in [6, 6.07) is 2.26. The molecule has 3 rings (SSSR count). The average Bonchev–Trinajstić information content (AvgIpc) is 2.99. The van der Waals surface area contributed by atoms with Gasteiger partial charge in [0, 0.05) is 17.5 Å². The van der Waals surface area contributed by atoms with Crippen molar-refractivity contribution in [2.75, 3.05) is 11.1 Å². The molecule has 0 aromatic carbocycles. The fourth-order valence-corrected chi connectivity index (χ4v) is 2.71. The van der Waals surface area contributed by atoms with Gasteiger partial charge in [0.05, 0.1) is 11.4 Å². The van der Waals surface area contributed by atoms with E-state index in [0.717, 1.165) is 23.7 Å². The molecule has 2 heterocycles. The molecule has 0 radical (unpaired) electrons. The molecular formula is C14H19N5O2S. The quantitative estimate of drug-likeness (QED) is 0.852. The smallest absolute Gasteiger partial charge is 0.237 e. The van der Waals surface area contributed by atoms with Gasteiger partial charge >= 0.3 is 0 Å². The number of aromatic nitrogens is 4. The molecule has 1 aliphatic rings. The minimum absolute atomic E-state index is 0.109. The van der Waals surface area contributed by atoms with Gasteiger partial charge in [-0.05, 0) is 12.8 Å². The van der Waals surface area contributed by atoms with Crippen molar-refractivity contribution in [1.82, 2.24) is 19.9 Å². The number of hydrogen-bond donors (Lipinski definition) is 1. The Morgan fingerprint density at radius 2 is 2.27 bits per heavy atom. The van der Waals surface area contributed by atoms with Gasteiger partial charge in [-0.2, -0.15) is 0 Å². The van der Waals surface area contributed by atoms with Crippen LogP contribution in [0.5, 0.6) is 0 Å². The molecule has 1 saturated carbocycles. The molecule has 1 fully saturated rings. The SMILES string of the molecule is CC(C)(C)c1cc(NC(=O)CSc2nncn2C2CC2)on1. The van der Waals surface area contributed by atoms with Gasteiger partial charge in [-0.15, -0.1) is 10.2 Å². The van der Waals surface area contributed by atoms with E-state index in [1.807, 2.05) is 25.3 Å². The van der Waals surface area contributed by atoms with Crippen LogP contribution in [-0.2, 0) is 10.2 Å². The first kappa shape index (κ1) is 15.1. The molecule has 0 unspecified atom stereocenters. The molecule has 0 spiro atoms. The zero-order valence-corrected chi connectivity index (χ0v) is 13.7. The summed E-state index contributed by atoms with van der Waals surface area (Å²) in [4.78, 5) is 12.0. The van der Waals surface area contributed by atoms with E-state index in [4.69, 9.17) is 4.52 Å². The van der Waals surface area contributed by atoms with Gasteiger partial charge in [0.25, 0.3) is 0 Å². The zero-order valence-electron chi connectivity index (χ0n) is 12.9. The lowest BCUT2D eigenvalue weighted by molar-refractivity contribution is -0.113. The Kier molecular flexibility index (Phi) is 3.94. The molecule has 1 aliphatic carbocycles. The molecular weight excluding hydrogens is 302 g/mol. The van der Waals surface area contributed by atoms with Crippen LogP contribution in [0.4, 0.5) is 5.88 Å². The number of nitrogens with zero attached hydrogens (tertiary/aromatic N) is 4. The Balaban J connectivity index is 1.54. The van der Waals surface area contributed by atoms with E-state index in [2.05, 4.69) is 20.7 Å². The first-order chi connectivity index (χ1) is 10.4. The molecule has 1 N–H and O–H groups in total. The minimum Gasteiger partial charge on any atom is -0.338 e. The van der Waals surface area contributed by atoms with Gasteiger partial charge in [0.2, 0.25) is 11.8 Å². The summed E-state index contributed by atoms with van der Waals surface area (Å²) < 4.78 is 7.18. The number of rotatable bonds is 5. The second-order valence-corrected chi connectivity index (χ2v) is 7.36. The number of amides is 1. The van der Waals surface area contributed by atoms with Crippen LogP contribution in [0.2, 0.25) is 0 Å². The van der Waals surface area contributed by atoms with Crippen molar-refractivity contribution in [3.63, 3.8) is 0 Å². The summed E-state index contributed by atoms with van der Waals surface area (Å²) in [6.45, 7) is 6.12. The highest BCUT2D eigenvalue weighted by molar-refractivity contribution is 7.99. The van der Waals surface area contributed by atoms with E-state index >= 15 is 0 Å². The van der Waals surface area contributed by atoms with E-state index in [1.54, 1.807) is 12.4 Å². The molecule has 7 nitrogen and oxygen atoms in total. The molecule has 2 aromatic rings. The van der Waals surface area contributed by atoms with E-state index in [-0.39, 0.29) is 17.1 Å². The van der Waals surface area contributed by atoms with E-state index in [0.29, 0.717) is 11.9 Å². The van der Waals surface area contributed by atoms with E-state index in [9.17, 15) is 4.79 Å². The van der Waals surface area contributed by atoms with Gasteiger partial charge in [0.1, 0.15) is 6.33 Å². The highest BCUT2D eigenvalue weighted by atomic mass is 32.2. The molecule has 0 atom stereocenters. The number of carbonyl (C=O) groups excluding carboxylic acids is 1. The second-order valence-electron chi connectivity index (χ2n) is 6.42. The third kappa shape index (κ3) is 3.49. The lowest BCUT2D eigenvalue weighted by Crippen LogP contribution is -2.14. The number of anilines is 1. The average molecular weight is 321 g/mol. The summed E-state index contributed by atoms with van der Waals surface area (Å²) in [5, 5.41) is 15.4. The van der Waals surface area contributed by atoms with Gasteiger partial charge in [-0.25, -0.2) is 0 Å². The van der Waals surface area contributed by atoms with E-state index < -0.39 is 0 Å². The van der Waals surface area contributed by atoms with Crippen LogP contribution in [0.3, 0.4) is 0 Å². The van der Waals surface area contributed by atoms with Crippen LogP contribution in [0.15, 0.2) is 22.1 Å². The Hall–Kier alpha value is -1.83. The van der Waals surface area contributed by atoms with Crippen LogP contribution >= 0.6 is 11.8 Å². The van der Waals surface area contributed by atoms with Crippen LogP contribution in [0, 0.1) is 0 Å². The fraction of sp³-hybridized carbons (Fsp3) is 0.571. The summed E-state index contributed by atoms with van der Waals surface area (Å²) >= 11 is 1.38. The molecule has 8 heteroatoms. The monoisotopic (exact) mass is 321 g/mol. The Morgan fingerprint density at radius 3 is 2.91 bits per heavy atom. The van der Waals surface area contributed by atoms with Crippen molar-refractivity contribution in [2.24, 2.45) is 0 Å². The number of thioether (sulfide) groups is 1. The first-order valence-corrected chi connectivity index (χ1v) is 8.21. The van der Waals surface area contributed by atoms with Gasteiger partial charge in [0.15, 0.2) is 5.16 Å². The minimum atomic E-state index is -0.146. The van der Waals surface area contributed by atoms with Crippen LogP contribution in [-0.4, -0.2) is 31.6 Å². The first-order valence-electron chi connectivity index (χ1n) is 7.23. The van der Waals surface area contributed by atoms with Crippen LogP contribution in [0.1, 0.15) is 45.3 Å². The maximum absolute atomic E-state index is 12.0. The molecule has 1 amide bonds. The molecule has 118 valence electrons. The Labute approximate surface area is 132 Å². The van der Waals surface area contributed by atoms with Crippen molar-refractivity contribution in [1.29, 1.82) is 0 Å². The lowest BCUT2D eigenvalue weighted by atomic mass is 9.92. The largest absolute Gasteiger partial charge is 0.338 e. The summed E-state index contributed by atoms with van der Waals surface area (Å²) in [5.74, 6) is 0.489. The molecule has 22 heavy (non-hydrogen) atoms. The van der Waals surface area contributed by atoms with Crippen LogP contribution < -0.4 is 5.32 Å². The summed E-state index contributed by atoms with van der Waals surface area (Å²) in [7, 11) is 0. The summed E-state index contributed by atoms with van der Waals surface area (Å²) in [6.07, 6.45) is 4.04. The Morgan fingerprint density at radius 1 is 1.50 bits per heavy atom. The van der Waals surface area contributed by atoms with Crippen molar-refractivity contribution >= 4 is 23.6 Å². The second kappa shape index (κ2) is 5.75. The normalized spacial score (nSPS) is 15.0. The van der Waals surface area contributed by atoms with Crippen molar-refractivity contribution in [3.05, 3.63) is 18.1 Å². The van der Waals surface area contributed by atoms with Gasteiger partial charge in [-0.1, -0.05) is 37.7 Å².